The molecule has 0 saturated heterocycles. The summed E-state index contributed by atoms with van der Waals surface area (Å²) in [4.78, 5) is 0. The topological polar surface area (TPSA) is 9.23 Å². The molecule has 0 radical (unpaired) electrons. The molecular formula is C15H14Cl2O. The van der Waals surface area contributed by atoms with Crippen LogP contribution in [0.4, 0.5) is 0 Å². The van der Waals surface area contributed by atoms with Gasteiger partial charge in [-0.1, -0.05) is 47.5 Å². The fourth-order valence-electron chi connectivity index (χ4n) is 1.71. The molecule has 18 heavy (non-hydrogen) atoms. The monoisotopic (exact) mass is 280 g/mol. The third-order valence-electron chi connectivity index (χ3n) is 2.74. The van der Waals surface area contributed by atoms with Gasteiger partial charge in [-0.2, -0.15) is 0 Å². The first kappa shape index (κ1) is 13.3. The molecule has 0 unspecified atom stereocenters. The number of hydrogen-bond donors (Lipinski definition) is 0. The molecule has 0 aliphatic heterocycles. The Morgan fingerprint density at radius 3 is 2.56 bits per heavy atom. The van der Waals surface area contributed by atoms with E-state index in [0.717, 1.165) is 23.3 Å². The third kappa shape index (κ3) is 3.41. The number of rotatable bonds is 4. The van der Waals surface area contributed by atoms with Gasteiger partial charge in [0.05, 0.1) is 6.61 Å². The Morgan fingerprint density at radius 2 is 1.83 bits per heavy atom. The van der Waals surface area contributed by atoms with Crippen LogP contribution in [0.15, 0.2) is 42.5 Å². The molecule has 1 nitrogen and oxygen atoms in total. The number of benzene rings is 2. The molecule has 0 fully saturated rings. The van der Waals surface area contributed by atoms with E-state index in [1.165, 1.54) is 0 Å². The van der Waals surface area contributed by atoms with Gasteiger partial charge < -0.3 is 4.74 Å². The fraction of sp³-hybridized carbons (Fsp3) is 0.200. The molecule has 0 spiro atoms. The van der Waals surface area contributed by atoms with Gasteiger partial charge in [0, 0.05) is 16.5 Å². The van der Waals surface area contributed by atoms with Crippen LogP contribution in [0, 0.1) is 6.92 Å². The van der Waals surface area contributed by atoms with Gasteiger partial charge in [0.1, 0.15) is 5.75 Å². The molecule has 0 heterocycles. The van der Waals surface area contributed by atoms with Crippen molar-refractivity contribution in [2.24, 2.45) is 0 Å². The van der Waals surface area contributed by atoms with E-state index in [-0.39, 0.29) is 0 Å². The SMILES string of the molecule is Cc1ccccc1OCCc1ccc(Cl)cc1Cl. The van der Waals surface area contributed by atoms with Crippen molar-refractivity contribution >= 4 is 23.2 Å². The quantitative estimate of drug-likeness (QED) is 0.772. The second kappa shape index (κ2) is 6.12. The smallest absolute Gasteiger partial charge is 0.122 e. The lowest BCUT2D eigenvalue weighted by molar-refractivity contribution is 0.320. The molecule has 0 amide bonds. The summed E-state index contributed by atoms with van der Waals surface area (Å²) >= 11 is 12.0. The molecule has 0 atom stereocenters. The first-order chi connectivity index (χ1) is 8.66. The zero-order valence-corrected chi connectivity index (χ0v) is 11.6. The lowest BCUT2D eigenvalue weighted by Gasteiger charge is -2.09. The van der Waals surface area contributed by atoms with Crippen molar-refractivity contribution in [1.29, 1.82) is 0 Å². The summed E-state index contributed by atoms with van der Waals surface area (Å²) in [6.45, 7) is 2.64. The van der Waals surface area contributed by atoms with Gasteiger partial charge in [-0.15, -0.1) is 0 Å². The number of halogens is 2. The molecule has 2 aromatic rings. The van der Waals surface area contributed by atoms with Crippen molar-refractivity contribution in [2.45, 2.75) is 13.3 Å². The van der Waals surface area contributed by atoms with Gasteiger partial charge in [0.15, 0.2) is 0 Å². The lowest BCUT2D eigenvalue weighted by Crippen LogP contribution is -2.02. The van der Waals surface area contributed by atoms with E-state index in [2.05, 4.69) is 0 Å². The van der Waals surface area contributed by atoms with Crippen LogP contribution in [0.5, 0.6) is 5.75 Å². The normalized spacial score (nSPS) is 10.4. The molecule has 0 N–H and O–H groups in total. The minimum Gasteiger partial charge on any atom is -0.493 e. The van der Waals surface area contributed by atoms with Crippen molar-refractivity contribution in [3.8, 4) is 5.75 Å². The number of hydrogen-bond acceptors (Lipinski definition) is 1. The highest BCUT2D eigenvalue weighted by molar-refractivity contribution is 6.35. The first-order valence-corrected chi connectivity index (χ1v) is 6.55. The van der Waals surface area contributed by atoms with Crippen LogP contribution in [0.25, 0.3) is 0 Å². The maximum absolute atomic E-state index is 6.10. The fourth-order valence-corrected chi connectivity index (χ4v) is 2.22. The van der Waals surface area contributed by atoms with E-state index < -0.39 is 0 Å². The standard InChI is InChI=1S/C15H14Cl2O/c1-11-4-2-3-5-15(11)18-9-8-12-6-7-13(16)10-14(12)17/h2-7,10H,8-9H2,1H3. The van der Waals surface area contributed by atoms with Crippen molar-refractivity contribution in [3.63, 3.8) is 0 Å². The highest BCUT2D eigenvalue weighted by Crippen LogP contribution is 2.22. The number of aryl methyl sites for hydroxylation is 1. The van der Waals surface area contributed by atoms with Gasteiger partial charge >= 0.3 is 0 Å². The molecule has 3 heteroatoms. The maximum atomic E-state index is 6.10. The summed E-state index contributed by atoms with van der Waals surface area (Å²) in [5.41, 5.74) is 2.19. The van der Waals surface area contributed by atoms with Crippen LogP contribution in [-0.2, 0) is 6.42 Å². The predicted molar refractivity (Wildman–Crippen MR) is 76.8 cm³/mol. The largest absolute Gasteiger partial charge is 0.493 e. The average molecular weight is 281 g/mol. The van der Waals surface area contributed by atoms with E-state index in [1.54, 1.807) is 6.07 Å². The molecule has 2 aromatic carbocycles. The van der Waals surface area contributed by atoms with Crippen LogP contribution in [0.2, 0.25) is 10.0 Å². The zero-order chi connectivity index (χ0) is 13.0. The van der Waals surface area contributed by atoms with Gasteiger partial charge in [-0.25, -0.2) is 0 Å². The minimum atomic E-state index is 0.603. The summed E-state index contributed by atoms with van der Waals surface area (Å²) in [6.07, 6.45) is 0.768. The maximum Gasteiger partial charge on any atom is 0.122 e. The van der Waals surface area contributed by atoms with Crippen LogP contribution in [-0.4, -0.2) is 6.61 Å². The molecular weight excluding hydrogens is 267 g/mol. The summed E-state index contributed by atoms with van der Waals surface area (Å²) in [5, 5.41) is 1.35. The average Bonchev–Trinajstić information content (AvgIpc) is 2.34. The second-order valence-electron chi connectivity index (χ2n) is 4.10. The molecule has 0 bridgehead atoms. The van der Waals surface area contributed by atoms with E-state index in [1.807, 2.05) is 43.3 Å². The second-order valence-corrected chi connectivity index (χ2v) is 4.94. The van der Waals surface area contributed by atoms with Gasteiger partial charge in [0.25, 0.3) is 0 Å². The van der Waals surface area contributed by atoms with E-state index in [0.29, 0.717) is 16.7 Å². The Kier molecular flexibility index (Phi) is 4.51. The zero-order valence-electron chi connectivity index (χ0n) is 10.1. The molecule has 94 valence electrons. The van der Waals surface area contributed by atoms with E-state index in [4.69, 9.17) is 27.9 Å². The van der Waals surface area contributed by atoms with Crippen molar-refractivity contribution in [3.05, 3.63) is 63.6 Å². The molecule has 0 saturated carbocycles. The van der Waals surface area contributed by atoms with Gasteiger partial charge in [-0.3, -0.25) is 0 Å². The van der Waals surface area contributed by atoms with E-state index in [9.17, 15) is 0 Å². The highest BCUT2D eigenvalue weighted by Gasteiger charge is 2.02. The summed E-state index contributed by atoms with van der Waals surface area (Å²) in [5.74, 6) is 0.919. The Labute approximate surface area is 117 Å². The molecule has 2 rings (SSSR count). The van der Waals surface area contributed by atoms with Crippen LogP contribution in [0.3, 0.4) is 0 Å². The molecule has 0 aliphatic rings. The number of ether oxygens (including phenoxy) is 1. The van der Waals surface area contributed by atoms with Crippen LogP contribution < -0.4 is 4.74 Å². The summed E-state index contributed by atoms with van der Waals surface area (Å²) in [7, 11) is 0. The number of para-hydroxylation sites is 1. The Bertz CT molecular complexity index is 538. The van der Waals surface area contributed by atoms with E-state index >= 15 is 0 Å². The Morgan fingerprint density at radius 1 is 1.06 bits per heavy atom. The van der Waals surface area contributed by atoms with Crippen LogP contribution in [0.1, 0.15) is 11.1 Å². The Balaban J connectivity index is 1.95. The molecule has 0 aliphatic carbocycles. The van der Waals surface area contributed by atoms with Gasteiger partial charge in [0.2, 0.25) is 0 Å². The molecule has 0 aromatic heterocycles. The summed E-state index contributed by atoms with van der Waals surface area (Å²) in [6, 6.07) is 13.5. The van der Waals surface area contributed by atoms with Crippen molar-refractivity contribution < 1.29 is 4.74 Å². The third-order valence-corrected chi connectivity index (χ3v) is 3.32. The minimum absolute atomic E-state index is 0.603. The Hall–Kier alpha value is -1.18. The van der Waals surface area contributed by atoms with Crippen molar-refractivity contribution in [2.75, 3.05) is 6.61 Å². The summed E-state index contributed by atoms with van der Waals surface area (Å²) < 4.78 is 5.73. The first-order valence-electron chi connectivity index (χ1n) is 5.79. The van der Waals surface area contributed by atoms with Crippen molar-refractivity contribution in [1.82, 2.24) is 0 Å². The highest BCUT2D eigenvalue weighted by atomic mass is 35.5. The predicted octanol–water partition coefficient (Wildman–Crippen LogP) is 4.92. The van der Waals surface area contributed by atoms with Crippen LogP contribution >= 0.6 is 23.2 Å². The lowest BCUT2D eigenvalue weighted by atomic mass is 10.1. The van der Waals surface area contributed by atoms with Gasteiger partial charge in [-0.05, 0) is 36.2 Å².